The Morgan fingerprint density at radius 2 is 2.00 bits per heavy atom. The highest BCUT2D eigenvalue weighted by Gasteiger charge is 2.13. The van der Waals surface area contributed by atoms with Crippen LogP contribution in [0.25, 0.3) is 0 Å². The molecule has 2 aromatic rings. The first kappa shape index (κ1) is 13.4. The van der Waals surface area contributed by atoms with Gasteiger partial charge in [0.2, 0.25) is 0 Å². The van der Waals surface area contributed by atoms with Crippen LogP contribution in [0.2, 0.25) is 0 Å². The minimum atomic E-state index is -0.829. The summed E-state index contributed by atoms with van der Waals surface area (Å²) in [4.78, 5) is 12.0. The van der Waals surface area contributed by atoms with Crippen molar-refractivity contribution in [3.8, 4) is 0 Å². The second-order valence-electron chi connectivity index (χ2n) is 4.62. The Hall–Kier alpha value is -2.07. The van der Waals surface area contributed by atoms with Crippen LogP contribution in [0.4, 0.5) is 0 Å². The number of hydrogen-bond acceptors (Lipinski definition) is 3. The Balaban J connectivity index is 1.98. The second-order valence-corrected chi connectivity index (χ2v) is 4.62. The van der Waals surface area contributed by atoms with E-state index < -0.39 is 6.10 Å². The van der Waals surface area contributed by atoms with Gasteiger partial charge in [0.25, 0.3) is 5.91 Å². The molecule has 19 heavy (non-hydrogen) atoms. The Morgan fingerprint density at radius 3 is 2.58 bits per heavy atom. The molecule has 1 unspecified atom stereocenters. The molecule has 100 valence electrons. The van der Waals surface area contributed by atoms with Crippen LogP contribution in [-0.2, 0) is 0 Å². The lowest BCUT2D eigenvalue weighted by atomic mass is 10.1. The maximum atomic E-state index is 12.0. The van der Waals surface area contributed by atoms with E-state index >= 15 is 0 Å². The average molecular weight is 259 g/mol. The van der Waals surface area contributed by atoms with Crippen molar-refractivity contribution >= 4 is 5.91 Å². The molecule has 1 amide bonds. The van der Waals surface area contributed by atoms with Crippen LogP contribution in [-0.4, -0.2) is 17.6 Å². The molecule has 1 aromatic carbocycles. The predicted octanol–water partition coefficient (Wildman–Crippen LogP) is 2.36. The van der Waals surface area contributed by atoms with Crippen molar-refractivity contribution in [1.29, 1.82) is 0 Å². The van der Waals surface area contributed by atoms with Crippen LogP contribution in [0.5, 0.6) is 0 Å². The number of nitrogens with one attached hydrogen (secondary N) is 1. The number of amides is 1. The zero-order valence-electron chi connectivity index (χ0n) is 11.0. The third kappa shape index (κ3) is 3.45. The van der Waals surface area contributed by atoms with Crippen LogP contribution >= 0.6 is 0 Å². The quantitative estimate of drug-likeness (QED) is 0.886. The molecule has 1 atom stereocenters. The van der Waals surface area contributed by atoms with E-state index in [1.54, 1.807) is 12.1 Å². The number of carbonyl (C=O) groups is 1. The number of carbonyl (C=O) groups excluding carboxylic acids is 1. The fraction of sp³-hybridized carbons (Fsp3) is 0.267. The van der Waals surface area contributed by atoms with E-state index in [-0.39, 0.29) is 12.5 Å². The second kappa shape index (κ2) is 5.71. The van der Waals surface area contributed by atoms with Crippen LogP contribution in [0, 0.1) is 13.8 Å². The highest BCUT2D eigenvalue weighted by atomic mass is 16.4. The summed E-state index contributed by atoms with van der Waals surface area (Å²) in [5.74, 6) is 0.248. The summed E-state index contributed by atoms with van der Waals surface area (Å²) in [6.45, 7) is 4.02. The van der Waals surface area contributed by atoms with Crippen LogP contribution in [0.3, 0.4) is 0 Å². The van der Waals surface area contributed by atoms with Crippen LogP contribution in [0.15, 0.2) is 41.0 Å². The third-order valence-corrected chi connectivity index (χ3v) is 2.81. The van der Waals surface area contributed by atoms with Gasteiger partial charge >= 0.3 is 0 Å². The zero-order valence-corrected chi connectivity index (χ0v) is 11.0. The number of aliphatic hydroxyl groups is 1. The fourth-order valence-corrected chi connectivity index (χ4v) is 1.98. The van der Waals surface area contributed by atoms with Crippen molar-refractivity contribution in [2.75, 3.05) is 6.54 Å². The van der Waals surface area contributed by atoms with Gasteiger partial charge in [0.1, 0.15) is 11.9 Å². The summed E-state index contributed by atoms with van der Waals surface area (Å²) in [7, 11) is 0. The Labute approximate surface area is 112 Å². The van der Waals surface area contributed by atoms with E-state index in [9.17, 15) is 9.90 Å². The van der Waals surface area contributed by atoms with Gasteiger partial charge in [-0.15, -0.1) is 0 Å². The minimum Gasteiger partial charge on any atom is -0.467 e. The summed E-state index contributed by atoms with van der Waals surface area (Å²) in [5, 5.41) is 12.5. The fourth-order valence-electron chi connectivity index (χ4n) is 1.98. The van der Waals surface area contributed by atoms with Gasteiger partial charge in [-0.3, -0.25) is 4.79 Å². The van der Waals surface area contributed by atoms with Crippen LogP contribution < -0.4 is 5.32 Å². The number of hydrogen-bond donors (Lipinski definition) is 2. The van der Waals surface area contributed by atoms with Gasteiger partial charge in [0, 0.05) is 5.56 Å². The molecule has 2 N–H and O–H groups in total. The molecule has 0 saturated carbocycles. The van der Waals surface area contributed by atoms with Gasteiger partial charge in [-0.1, -0.05) is 17.2 Å². The lowest BCUT2D eigenvalue weighted by molar-refractivity contribution is 0.0901. The van der Waals surface area contributed by atoms with Crippen molar-refractivity contribution in [3.63, 3.8) is 0 Å². The molecule has 0 aliphatic rings. The van der Waals surface area contributed by atoms with E-state index in [0.717, 1.165) is 11.1 Å². The monoisotopic (exact) mass is 259 g/mol. The number of aryl methyl sites for hydroxylation is 2. The number of rotatable bonds is 4. The highest BCUT2D eigenvalue weighted by molar-refractivity contribution is 5.94. The molecule has 1 aromatic heterocycles. The highest BCUT2D eigenvalue weighted by Crippen LogP contribution is 2.13. The molecule has 4 heteroatoms. The molecular weight excluding hydrogens is 242 g/mol. The van der Waals surface area contributed by atoms with Crippen molar-refractivity contribution in [3.05, 3.63) is 59.0 Å². The summed E-state index contributed by atoms with van der Waals surface area (Å²) >= 11 is 0. The van der Waals surface area contributed by atoms with E-state index in [1.165, 1.54) is 6.26 Å². The van der Waals surface area contributed by atoms with Gasteiger partial charge < -0.3 is 14.8 Å². The number of aliphatic hydroxyl groups excluding tert-OH is 1. The molecule has 0 bridgehead atoms. The lowest BCUT2D eigenvalue weighted by Gasteiger charge is -2.10. The molecule has 0 aliphatic heterocycles. The molecule has 4 nitrogen and oxygen atoms in total. The number of furan rings is 1. The molecule has 2 rings (SSSR count). The van der Waals surface area contributed by atoms with E-state index in [4.69, 9.17) is 4.42 Å². The van der Waals surface area contributed by atoms with Gasteiger partial charge in [0.05, 0.1) is 12.8 Å². The van der Waals surface area contributed by atoms with Crippen molar-refractivity contribution in [1.82, 2.24) is 5.32 Å². The first-order chi connectivity index (χ1) is 9.06. The van der Waals surface area contributed by atoms with E-state index in [1.807, 2.05) is 32.0 Å². The molecule has 0 saturated heterocycles. The standard InChI is InChI=1S/C15H17NO3/c1-10-6-11(2)8-12(7-10)15(18)16-9-13(17)14-4-3-5-19-14/h3-8,13,17H,9H2,1-2H3,(H,16,18). The summed E-state index contributed by atoms with van der Waals surface area (Å²) in [5.41, 5.74) is 2.68. The lowest BCUT2D eigenvalue weighted by Crippen LogP contribution is -2.28. The average Bonchev–Trinajstić information content (AvgIpc) is 2.88. The maximum Gasteiger partial charge on any atom is 0.251 e. The smallest absolute Gasteiger partial charge is 0.251 e. The first-order valence-electron chi connectivity index (χ1n) is 6.14. The normalized spacial score (nSPS) is 12.2. The number of benzene rings is 1. The molecule has 0 radical (unpaired) electrons. The van der Waals surface area contributed by atoms with Gasteiger partial charge in [-0.25, -0.2) is 0 Å². The molecule has 0 spiro atoms. The molecule has 1 heterocycles. The van der Waals surface area contributed by atoms with Crippen LogP contribution in [0.1, 0.15) is 33.3 Å². The third-order valence-electron chi connectivity index (χ3n) is 2.81. The van der Waals surface area contributed by atoms with Gasteiger partial charge in [-0.05, 0) is 38.1 Å². The summed E-state index contributed by atoms with van der Waals surface area (Å²) in [6, 6.07) is 9.02. The molecular formula is C15H17NO3. The van der Waals surface area contributed by atoms with E-state index in [2.05, 4.69) is 5.32 Å². The molecule has 0 fully saturated rings. The van der Waals surface area contributed by atoms with Crippen molar-refractivity contribution in [2.45, 2.75) is 20.0 Å². The van der Waals surface area contributed by atoms with Gasteiger partial charge in [0.15, 0.2) is 0 Å². The first-order valence-corrected chi connectivity index (χ1v) is 6.14. The predicted molar refractivity (Wildman–Crippen MR) is 71.9 cm³/mol. The van der Waals surface area contributed by atoms with Crippen molar-refractivity contribution in [2.24, 2.45) is 0 Å². The maximum absolute atomic E-state index is 12.0. The Kier molecular flexibility index (Phi) is 4.02. The van der Waals surface area contributed by atoms with Crippen molar-refractivity contribution < 1.29 is 14.3 Å². The zero-order chi connectivity index (χ0) is 13.8. The molecule has 0 aliphatic carbocycles. The van der Waals surface area contributed by atoms with E-state index in [0.29, 0.717) is 11.3 Å². The van der Waals surface area contributed by atoms with Gasteiger partial charge in [-0.2, -0.15) is 0 Å². The Bertz CT molecular complexity index is 541. The summed E-state index contributed by atoms with van der Waals surface area (Å²) in [6.07, 6.45) is 0.662. The minimum absolute atomic E-state index is 0.124. The Morgan fingerprint density at radius 1 is 1.32 bits per heavy atom. The topological polar surface area (TPSA) is 62.5 Å². The SMILES string of the molecule is Cc1cc(C)cc(C(=O)NCC(O)c2ccco2)c1. The summed E-state index contributed by atoms with van der Waals surface area (Å²) < 4.78 is 5.07. The largest absolute Gasteiger partial charge is 0.467 e.